The molecule has 8 heteroatoms. The average molecular weight is 234 g/mol. The number of carboxylic acid groups (broad SMARTS) is 1. The van der Waals surface area contributed by atoms with Crippen molar-refractivity contribution in [2.75, 3.05) is 18.0 Å². The van der Waals surface area contributed by atoms with Crippen LogP contribution in [0.25, 0.3) is 5.65 Å². The first-order valence-corrected chi connectivity index (χ1v) is 5.23. The number of aromatic nitrogens is 5. The van der Waals surface area contributed by atoms with Crippen LogP contribution in [0, 0.1) is 5.92 Å². The normalized spacial score (nSPS) is 16.1. The SMILES string of the molecule is O=C(O)CC1CN(c2cncc3nnnn23)C1. The van der Waals surface area contributed by atoms with E-state index in [2.05, 4.69) is 20.5 Å². The van der Waals surface area contributed by atoms with Crippen LogP contribution in [0.2, 0.25) is 0 Å². The number of fused-ring (bicyclic) bond motifs is 1. The fourth-order valence-electron chi connectivity index (χ4n) is 2.01. The molecule has 1 aliphatic rings. The fraction of sp³-hybridized carbons (Fsp3) is 0.444. The largest absolute Gasteiger partial charge is 0.481 e. The second-order valence-electron chi connectivity index (χ2n) is 4.08. The van der Waals surface area contributed by atoms with Crippen molar-refractivity contribution in [3.63, 3.8) is 0 Å². The Labute approximate surface area is 95.9 Å². The molecule has 2 aromatic heterocycles. The molecule has 3 rings (SSSR count). The van der Waals surface area contributed by atoms with E-state index in [0.717, 1.165) is 5.82 Å². The van der Waals surface area contributed by atoms with Crippen molar-refractivity contribution in [2.24, 2.45) is 5.92 Å². The standard InChI is InChI=1S/C9H10N6O2/c16-9(17)1-6-4-14(5-6)8-3-10-2-7-11-12-13-15(7)8/h2-3,6H,1,4-5H2,(H,16,17). The highest BCUT2D eigenvalue weighted by atomic mass is 16.4. The summed E-state index contributed by atoms with van der Waals surface area (Å²) in [6, 6.07) is 0. The van der Waals surface area contributed by atoms with E-state index in [9.17, 15) is 4.79 Å². The number of anilines is 1. The third-order valence-electron chi connectivity index (χ3n) is 2.84. The molecule has 17 heavy (non-hydrogen) atoms. The molecule has 0 saturated carbocycles. The smallest absolute Gasteiger partial charge is 0.303 e. The highest BCUT2D eigenvalue weighted by molar-refractivity contribution is 5.67. The Morgan fingerprint density at radius 3 is 3.06 bits per heavy atom. The molecule has 0 spiro atoms. The summed E-state index contributed by atoms with van der Waals surface area (Å²) in [5.41, 5.74) is 0.587. The van der Waals surface area contributed by atoms with Crippen molar-refractivity contribution in [3.05, 3.63) is 12.4 Å². The van der Waals surface area contributed by atoms with Crippen LogP contribution in [0.15, 0.2) is 12.4 Å². The molecule has 1 saturated heterocycles. The summed E-state index contributed by atoms with van der Waals surface area (Å²) in [6.07, 6.45) is 3.47. The van der Waals surface area contributed by atoms with E-state index in [4.69, 9.17) is 5.11 Å². The third kappa shape index (κ3) is 1.67. The van der Waals surface area contributed by atoms with Crippen LogP contribution in [0.1, 0.15) is 6.42 Å². The first-order valence-electron chi connectivity index (χ1n) is 5.23. The van der Waals surface area contributed by atoms with Crippen LogP contribution in [0.4, 0.5) is 5.82 Å². The molecule has 0 bridgehead atoms. The molecule has 0 aromatic carbocycles. The van der Waals surface area contributed by atoms with E-state index >= 15 is 0 Å². The Morgan fingerprint density at radius 1 is 1.47 bits per heavy atom. The number of carboxylic acids is 1. The van der Waals surface area contributed by atoms with Crippen molar-refractivity contribution < 1.29 is 9.90 Å². The van der Waals surface area contributed by atoms with Crippen molar-refractivity contribution >= 4 is 17.4 Å². The van der Waals surface area contributed by atoms with Gasteiger partial charge >= 0.3 is 5.97 Å². The van der Waals surface area contributed by atoms with E-state index in [1.54, 1.807) is 16.9 Å². The van der Waals surface area contributed by atoms with Crippen LogP contribution in [-0.4, -0.2) is 49.2 Å². The molecule has 0 atom stereocenters. The van der Waals surface area contributed by atoms with Gasteiger partial charge in [0.05, 0.1) is 18.8 Å². The summed E-state index contributed by atoms with van der Waals surface area (Å²) in [5.74, 6) is 0.238. The summed E-state index contributed by atoms with van der Waals surface area (Å²) in [4.78, 5) is 16.6. The molecular weight excluding hydrogens is 224 g/mol. The Kier molecular flexibility index (Phi) is 2.13. The number of nitrogens with zero attached hydrogens (tertiary/aromatic N) is 6. The highest BCUT2D eigenvalue weighted by Crippen LogP contribution is 2.25. The topological polar surface area (TPSA) is 96.5 Å². The molecule has 0 amide bonds. The zero-order chi connectivity index (χ0) is 11.8. The van der Waals surface area contributed by atoms with Crippen LogP contribution in [-0.2, 0) is 4.79 Å². The fourth-order valence-corrected chi connectivity index (χ4v) is 2.01. The van der Waals surface area contributed by atoms with Gasteiger partial charge in [-0.3, -0.25) is 9.78 Å². The van der Waals surface area contributed by atoms with Crippen molar-refractivity contribution in [1.82, 2.24) is 25.0 Å². The van der Waals surface area contributed by atoms with Gasteiger partial charge in [0.15, 0.2) is 11.5 Å². The highest BCUT2D eigenvalue weighted by Gasteiger charge is 2.30. The van der Waals surface area contributed by atoms with E-state index < -0.39 is 5.97 Å². The summed E-state index contributed by atoms with van der Waals surface area (Å²) in [7, 11) is 0. The molecule has 1 N–H and O–H groups in total. The molecule has 0 unspecified atom stereocenters. The Hall–Kier alpha value is -2.25. The van der Waals surface area contributed by atoms with Gasteiger partial charge in [-0.2, -0.15) is 4.52 Å². The van der Waals surface area contributed by atoms with Gasteiger partial charge in [0, 0.05) is 19.0 Å². The number of hydrogen-bond donors (Lipinski definition) is 1. The predicted molar refractivity (Wildman–Crippen MR) is 56.5 cm³/mol. The van der Waals surface area contributed by atoms with Gasteiger partial charge < -0.3 is 10.0 Å². The van der Waals surface area contributed by atoms with Gasteiger partial charge in [-0.05, 0) is 10.4 Å². The molecule has 88 valence electrons. The van der Waals surface area contributed by atoms with Crippen LogP contribution >= 0.6 is 0 Å². The minimum absolute atomic E-state index is 0.194. The maximum Gasteiger partial charge on any atom is 0.303 e. The second kappa shape index (κ2) is 3.65. The predicted octanol–water partition coefficient (Wildman–Crippen LogP) is -0.570. The van der Waals surface area contributed by atoms with Crippen molar-refractivity contribution in [1.29, 1.82) is 0 Å². The molecule has 0 radical (unpaired) electrons. The first kappa shape index (κ1) is 9.94. The number of hydrogen-bond acceptors (Lipinski definition) is 6. The minimum atomic E-state index is -0.756. The van der Waals surface area contributed by atoms with E-state index in [1.165, 1.54) is 0 Å². The average Bonchev–Trinajstić information content (AvgIpc) is 2.70. The van der Waals surface area contributed by atoms with Crippen LogP contribution in [0.5, 0.6) is 0 Å². The Bertz CT molecular complexity index is 561. The number of carbonyl (C=O) groups is 1. The maximum absolute atomic E-state index is 10.5. The Morgan fingerprint density at radius 2 is 2.29 bits per heavy atom. The molecule has 1 fully saturated rings. The molecule has 2 aromatic rings. The van der Waals surface area contributed by atoms with E-state index in [1.807, 2.05) is 4.90 Å². The van der Waals surface area contributed by atoms with Gasteiger partial charge in [0.25, 0.3) is 0 Å². The first-order chi connectivity index (χ1) is 8.24. The van der Waals surface area contributed by atoms with Crippen molar-refractivity contribution in [3.8, 4) is 0 Å². The summed E-state index contributed by atoms with van der Waals surface area (Å²) in [6.45, 7) is 1.40. The lowest BCUT2D eigenvalue weighted by Crippen LogP contribution is -2.48. The lowest BCUT2D eigenvalue weighted by Gasteiger charge is -2.39. The van der Waals surface area contributed by atoms with Gasteiger partial charge in [-0.25, -0.2) is 0 Å². The lowest BCUT2D eigenvalue weighted by atomic mass is 9.97. The third-order valence-corrected chi connectivity index (χ3v) is 2.84. The number of rotatable bonds is 3. The Balaban J connectivity index is 1.78. The van der Waals surface area contributed by atoms with E-state index in [0.29, 0.717) is 18.7 Å². The van der Waals surface area contributed by atoms with Crippen molar-refractivity contribution in [2.45, 2.75) is 6.42 Å². The van der Waals surface area contributed by atoms with Gasteiger partial charge in [-0.15, -0.1) is 5.10 Å². The summed E-state index contributed by atoms with van der Waals surface area (Å²) < 4.78 is 1.60. The molecule has 0 aliphatic carbocycles. The van der Waals surface area contributed by atoms with Gasteiger partial charge in [0.2, 0.25) is 0 Å². The van der Waals surface area contributed by atoms with Gasteiger partial charge in [-0.1, -0.05) is 0 Å². The minimum Gasteiger partial charge on any atom is -0.481 e. The molecule has 3 heterocycles. The second-order valence-corrected chi connectivity index (χ2v) is 4.08. The quantitative estimate of drug-likeness (QED) is 0.759. The monoisotopic (exact) mass is 234 g/mol. The van der Waals surface area contributed by atoms with E-state index in [-0.39, 0.29) is 12.3 Å². The van der Waals surface area contributed by atoms with Gasteiger partial charge in [0.1, 0.15) is 0 Å². The van der Waals surface area contributed by atoms with Crippen LogP contribution in [0.3, 0.4) is 0 Å². The molecular formula is C9H10N6O2. The number of aliphatic carboxylic acids is 1. The summed E-state index contributed by atoms with van der Waals surface area (Å²) >= 11 is 0. The molecule has 8 nitrogen and oxygen atoms in total. The zero-order valence-electron chi connectivity index (χ0n) is 8.89. The lowest BCUT2D eigenvalue weighted by molar-refractivity contribution is -0.138. The molecule has 1 aliphatic heterocycles. The van der Waals surface area contributed by atoms with Crippen LogP contribution < -0.4 is 4.90 Å². The zero-order valence-corrected chi connectivity index (χ0v) is 8.89. The number of tetrazole rings is 1. The maximum atomic E-state index is 10.5. The summed E-state index contributed by atoms with van der Waals surface area (Å²) in [5, 5.41) is 19.9.